The maximum absolute atomic E-state index is 12.7. The van der Waals surface area contributed by atoms with Crippen molar-refractivity contribution in [1.82, 2.24) is 15.1 Å². The van der Waals surface area contributed by atoms with Crippen molar-refractivity contribution >= 4 is 34.8 Å². The summed E-state index contributed by atoms with van der Waals surface area (Å²) >= 11 is 7.61. The van der Waals surface area contributed by atoms with Gasteiger partial charge in [0.2, 0.25) is 5.91 Å². The fourth-order valence-corrected chi connectivity index (χ4v) is 4.55. The number of hydrogen-bond donors (Lipinski definition) is 1. The third-order valence-corrected chi connectivity index (χ3v) is 5.89. The van der Waals surface area contributed by atoms with E-state index in [-0.39, 0.29) is 11.3 Å². The summed E-state index contributed by atoms with van der Waals surface area (Å²) in [6.07, 6.45) is 4.07. The molecule has 0 aromatic carbocycles. The molecule has 1 aromatic heterocycles. The van der Waals surface area contributed by atoms with Gasteiger partial charge in [0.15, 0.2) is 5.96 Å². The summed E-state index contributed by atoms with van der Waals surface area (Å²) in [5.74, 6) is 1.04. The van der Waals surface area contributed by atoms with Crippen molar-refractivity contribution in [2.75, 3.05) is 34.2 Å². The normalized spacial score (nSPS) is 16.8. The maximum Gasteiger partial charge on any atom is 0.230 e. The Hall–Kier alpha value is -1.27. The second-order valence-electron chi connectivity index (χ2n) is 6.92. The second-order valence-corrected chi connectivity index (χ2v) is 8.72. The van der Waals surface area contributed by atoms with Crippen LogP contribution in [0.25, 0.3) is 0 Å². The molecule has 0 aliphatic heterocycles. The van der Waals surface area contributed by atoms with Crippen LogP contribution in [-0.2, 0) is 11.3 Å². The van der Waals surface area contributed by atoms with E-state index in [1.807, 2.05) is 33.3 Å². The van der Waals surface area contributed by atoms with Gasteiger partial charge in [-0.2, -0.15) is 0 Å². The average Bonchev–Trinajstić information content (AvgIpc) is 3.20. The number of carbonyl (C=O) groups is 1. The molecule has 0 saturated heterocycles. The zero-order valence-electron chi connectivity index (χ0n) is 15.6. The van der Waals surface area contributed by atoms with Gasteiger partial charge in [-0.15, -0.1) is 11.3 Å². The molecule has 140 valence electrons. The van der Waals surface area contributed by atoms with E-state index >= 15 is 0 Å². The summed E-state index contributed by atoms with van der Waals surface area (Å²) in [6, 6.07) is 3.96. The van der Waals surface area contributed by atoms with Crippen LogP contribution in [0.3, 0.4) is 0 Å². The van der Waals surface area contributed by atoms with Crippen LogP contribution in [-0.4, -0.2) is 55.9 Å². The van der Waals surface area contributed by atoms with Gasteiger partial charge in [0.1, 0.15) is 0 Å². The highest BCUT2D eigenvalue weighted by molar-refractivity contribution is 7.16. The first-order valence-electron chi connectivity index (χ1n) is 8.83. The topological polar surface area (TPSA) is 47.9 Å². The lowest BCUT2D eigenvalue weighted by atomic mass is 9.85. The van der Waals surface area contributed by atoms with Crippen molar-refractivity contribution in [3.05, 3.63) is 21.3 Å². The van der Waals surface area contributed by atoms with Gasteiger partial charge in [-0.25, -0.2) is 0 Å². The highest BCUT2D eigenvalue weighted by atomic mass is 35.5. The van der Waals surface area contributed by atoms with Crippen LogP contribution in [0.5, 0.6) is 0 Å². The molecule has 0 spiro atoms. The van der Waals surface area contributed by atoms with E-state index in [9.17, 15) is 4.79 Å². The van der Waals surface area contributed by atoms with Gasteiger partial charge in [-0.05, 0) is 31.9 Å². The Morgan fingerprint density at radius 1 is 1.32 bits per heavy atom. The minimum atomic E-state index is -0.336. The summed E-state index contributed by atoms with van der Waals surface area (Å²) in [6.45, 7) is 4.14. The van der Waals surface area contributed by atoms with Crippen molar-refractivity contribution in [3.8, 4) is 0 Å². The first kappa shape index (κ1) is 20.0. The predicted molar refractivity (Wildman–Crippen MR) is 106 cm³/mol. The van der Waals surface area contributed by atoms with E-state index in [0.29, 0.717) is 6.54 Å². The fourth-order valence-electron chi connectivity index (χ4n) is 3.41. The van der Waals surface area contributed by atoms with Crippen LogP contribution in [0.2, 0.25) is 4.34 Å². The zero-order chi connectivity index (χ0) is 18.4. The number of amides is 1. The highest BCUT2D eigenvalue weighted by Gasteiger charge is 2.42. The molecule has 1 amide bonds. The van der Waals surface area contributed by atoms with E-state index in [4.69, 9.17) is 16.6 Å². The molecule has 1 fully saturated rings. The van der Waals surface area contributed by atoms with Gasteiger partial charge in [0, 0.05) is 32.6 Å². The lowest BCUT2D eigenvalue weighted by Gasteiger charge is -2.30. The molecule has 1 aliphatic carbocycles. The molecule has 5 nitrogen and oxygen atoms in total. The molecule has 0 unspecified atom stereocenters. The average molecular weight is 385 g/mol. The van der Waals surface area contributed by atoms with Gasteiger partial charge >= 0.3 is 0 Å². The van der Waals surface area contributed by atoms with Crippen LogP contribution in [0.1, 0.15) is 37.5 Å². The van der Waals surface area contributed by atoms with E-state index in [0.717, 1.165) is 49.1 Å². The number of rotatable bonds is 6. The van der Waals surface area contributed by atoms with Gasteiger partial charge in [0.05, 0.1) is 22.8 Å². The third-order valence-electron chi connectivity index (χ3n) is 4.67. The van der Waals surface area contributed by atoms with Gasteiger partial charge in [0.25, 0.3) is 0 Å². The molecule has 25 heavy (non-hydrogen) atoms. The van der Waals surface area contributed by atoms with Crippen molar-refractivity contribution < 1.29 is 4.79 Å². The summed E-state index contributed by atoms with van der Waals surface area (Å²) in [7, 11) is 5.69. The minimum absolute atomic E-state index is 0.206. The van der Waals surface area contributed by atoms with Crippen LogP contribution in [0.15, 0.2) is 17.1 Å². The number of carbonyl (C=O) groups excluding carboxylic acids is 1. The minimum Gasteiger partial charge on any atom is -0.357 e. The quantitative estimate of drug-likeness (QED) is 0.603. The summed E-state index contributed by atoms with van der Waals surface area (Å²) < 4.78 is 0.798. The van der Waals surface area contributed by atoms with Crippen molar-refractivity contribution in [3.63, 3.8) is 0 Å². The number of halogens is 1. The van der Waals surface area contributed by atoms with Crippen molar-refractivity contribution in [2.45, 2.75) is 39.2 Å². The van der Waals surface area contributed by atoms with Crippen LogP contribution >= 0.6 is 22.9 Å². The van der Waals surface area contributed by atoms with Gasteiger partial charge in [-0.3, -0.25) is 9.79 Å². The smallest absolute Gasteiger partial charge is 0.230 e. The number of nitrogens with zero attached hydrogens (tertiary/aromatic N) is 3. The van der Waals surface area contributed by atoms with E-state index in [1.165, 1.54) is 4.88 Å². The van der Waals surface area contributed by atoms with Crippen LogP contribution in [0.4, 0.5) is 0 Å². The molecule has 0 bridgehead atoms. The largest absolute Gasteiger partial charge is 0.357 e. The molecule has 0 radical (unpaired) electrons. The Morgan fingerprint density at radius 2 is 2.00 bits per heavy atom. The standard InChI is InChI=1S/C18H29ClN4OS/c1-5-20-17(23(4)12-14-8-9-15(19)25-14)21-13-18(10-6-7-11-18)16(24)22(2)3/h8-9H,5-7,10-13H2,1-4H3,(H,20,21). The molecule has 1 N–H and O–H groups in total. The lowest BCUT2D eigenvalue weighted by Crippen LogP contribution is -2.43. The first-order valence-corrected chi connectivity index (χ1v) is 10.0. The molecule has 1 aromatic rings. The Morgan fingerprint density at radius 3 is 2.52 bits per heavy atom. The number of aliphatic imine (C=N–C) groups is 1. The molecule has 0 atom stereocenters. The molecular weight excluding hydrogens is 356 g/mol. The lowest BCUT2D eigenvalue weighted by molar-refractivity contribution is -0.138. The highest BCUT2D eigenvalue weighted by Crippen LogP contribution is 2.39. The summed E-state index contributed by atoms with van der Waals surface area (Å²) in [5.41, 5.74) is -0.336. The van der Waals surface area contributed by atoms with Crippen molar-refractivity contribution in [2.24, 2.45) is 10.4 Å². The van der Waals surface area contributed by atoms with Gasteiger partial charge in [-0.1, -0.05) is 24.4 Å². The number of hydrogen-bond acceptors (Lipinski definition) is 3. The maximum atomic E-state index is 12.7. The zero-order valence-corrected chi connectivity index (χ0v) is 17.2. The monoisotopic (exact) mass is 384 g/mol. The fraction of sp³-hybridized carbons (Fsp3) is 0.667. The molecule has 7 heteroatoms. The molecule has 2 rings (SSSR count). The first-order chi connectivity index (χ1) is 11.9. The van der Waals surface area contributed by atoms with Crippen molar-refractivity contribution in [1.29, 1.82) is 0 Å². The molecule has 1 saturated carbocycles. The Kier molecular flexibility index (Phi) is 7.14. The number of nitrogens with one attached hydrogen (secondary N) is 1. The number of thiophene rings is 1. The Labute approximate surface area is 160 Å². The molecular formula is C18H29ClN4OS. The Bertz CT molecular complexity index is 608. The molecule has 1 heterocycles. The second kappa shape index (κ2) is 8.90. The van der Waals surface area contributed by atoms with Crippen LogP contribution < -0.4 is 5.32 Å². The Balaban J connectivity index is 2.12. The van der Waals surface area contributed by atoms with E-state index < -0.39 is 0 Å². The number of guanidine groups is 1. The van der Waals surface area contributed by atoms with E-state index in [2.05, 4.69) is 17.1 Å². The van der Waals surface area contributed by atoms with E-state index in [1.54, 1.807) is 16.2 Å². The summed E-state index contributed by atoms with van der Waals surface area (Å²) in [4.78, 5) is 22.5. The molecule has 1 aliphatic rings. The third kappa shape index (κ3) is 5.11. The predicted octanol–water partition coefficient (Wildman–Crippen LogP) is 3.45. The SMILES string of the molecule is CCNC(=NCC1(C(=O)N(C)C)CCCC1)N(C)Cc1ccc(Cl)s1. The van der Waals surface area contributed by atoms with Crippen LogP contribution in [0, 0.1) is 5.41 Å². The van der Waals surface area contributed by atoms with Gasteiger partial charge < -0.3 is 15.1 Å². The summed E-state index contributed by atoms with van der Waals surface area (Å²) in [5, 5.41) is 3.34.